The topological polar surface area (TPSA) is 27.7 Å². The largest absolute Gasteiger partial charge is 0.419 e. The van der Waals surface area contributed by atoms with Gasteiger partial charge in [-0.25, -0.2) is 4.39 Å². The maximum absolute atomic E-state index is 14.7. The summed E-state index contributed by atoms with van der Waals surface area (Å²) in [6, 6.07) is 2.63. The molecule has 2 unspecified atom stereocenters. The minimum atomic E-state index is -4.82. The summed E-state index contributed by atoms with van der Waals surface area (Å²) in [6.07, 6.45) is -7.44. The predicted molar refractivity (Wildman–Crippen MR) is 111 cm³/mol. The van der Waals surface area contributed by atoms with E-state index in [4.69, 9.17) is 14.2 Å². The van der Waals surface area contributed by atoms with Crippen LogP contribution in [0.5, 0.6) is 0 Å². The van der Waals surface area contributed by atoms with Crippen molar-refractivity contribution in [2.24, 2.45) is 0 Å². The zero-order valence-electron chi connectivity index (χ0n) is 19.0. The van der Waals surface area contributed by atoms with Gasteiger partial charge in [0.2, 0.25) is 0 Å². The van der Waals surface area contributed by atoms with Gasteiger partial charge in [0.15, 0.2) is 0 Å². The zero-order valence-corrected chi connectivity index (χ0v) is 19.0. The fourth-order valence-electron chi connectivity index (χ4n) is 4.63. The molecule has 188 valence electrons. The lowest BCUT2D eigenvalue weighted by molar-refractivity contribution is -0.328. The number of halogens is 6. The molecule has 0 aromatic heterocycles. The van der Waals surface area contributed by atoms with Gasteiger partial charge in [0, 0.05) is 6.61 Å². The Morgan fingerprint density at radius 3 is 2.21 bits per heavy atom. The summed E-state index contributed by atoms with van der Waals surface area (Å²) < 4.78 is 100. The Morgan fingerprint density at radius 2 is 1.64 bits per heavy atom. The Labute approximate surface area is 190 Å². The maximum atomic E-state index is 14.7. The average Bonchev–Trinajstić information content (AvgIpc) is 2.75. The second-order valence-electron chi connectivity index (χ2n) is 9.06. The van der Waals surface area contributed by atoms with Crippen molar-refractivity contribution in [1.29, 1.82) is 0 Å². The van der Waals surface area contributed by atoms with Crippen LogP contribution in [0, 0.1) is 12.7 Å². The number of alkyl halides is 5. The van der Waals surface area contributed by atoms with Gasteiger partial charge >= 0.3 is 12.3 Å². The highest BCUT2D eigenvalue weighted by atomic mass is 19.4. The van der Waals surface area contributed by atoms with Gasteiger partial charge in [-0.1, -0.05) is 25.5 Å². The van der Waals surface area contributed by atoms with Crippen LogP contribution in [0.4, 0.5) is 26.3 Å². The van der Waals surface area contributed by atoms with Gasteiger partial charge in [-0.3, -0.25) is 0 Å². The summed E-state index contributed by atoms with van der Waals surface area (Å²) in [5, 5.41) is 0. The lowest BCUT2D eigenvalue weighted by Gasteiger charge is -2.37. The minimum absolute atomic E-state index is 0.0757. The van der Waals surface area contributed by atoms with Crippen LogP contribution >= 0.6 is 0 Å². The molecular weight excluding hydrogens is 450 g/mol. The van der Waals surface area contributed by atoms with Crippen LogP contribution in [0.3, 0.4) is 0 Å². The summed E-state index contributed by atoms with van der Waals surface area (Å²) in [6.45, 7) is 3.98. The number of aryl methyl sites for hydroxylation is 1. The molecule has 1 aliphatic heterocycles. The smallest absolute Gasteiger partial charge is 0.376 e. The molecule has 0 radical (unpaired) electrons. The molecule has 2 atom stereocenters. The van der Waals surface area contributed by atoms with E-state index in [0.29, 0.717) is 13.0 Å². The van der Waals surface area contributed by atoms with Gasteiger partial charge in [-0.2, -0.15) is 22.0 Å². The summed E-state index contributed by atoms with van der Waals surface area (Å²) in [4.78, 5) is 0. The molecule has 0 N–H and O–H groups in total. The third kappa shape index (κ3) is 6.63. The molecule has 0 amide bonds. The van der Waals surface area contributed by atoms with Crippen molar-refractivity contribution in [2.75, 3.05) is 13.2 Å². The highest BCUT2D eigenvalue weighted by Crippen LogP contribution is 2.44. The average molecular weight is 483 g/mol. The molecule has 1 saturated heterocycles. The van der Waals surface area contributed by atoms with Crippen LogP contribution in [-0.2, 0) is 20.4 Å². The summed E-state index contributed by atoms with van der Waals surface area (Å²) in [5.74, 6) is -1.83. The first-order valence-corrected chi connectivity index (χ1v) is 11.7. The number of benzene rings is 1. The Bertz CT molecular complexity index is 766. The molecule has 0 spiro atoms. The Hall–Kier alpha value is -1.32. The third-order valence-corrected chi connectivity index (χ3v) is 6.55. The fraction of sp³-hybridized carbons (Fsp3) is 0.750. The van der Waals surface area contributed by atoms with Crippen molar-refractivity contribution in [2.45, 2.75) is 102 Å². The van der Waals surface area contributed by atoms with E-state index in [1.165, 1.54) is 19.1 Å². The first-order chi connectivity index (χ1) is 15.5. The van der Waals surface area contributed by atoms with E-state index in [1.807, 2.05) is 6.92 Å². The van der Waals surface area contributed by atoms with Crippen LogP contribution in [0.25, 0.3) is 0 Å². The lowest BCUT2D eigenvalue weighted by Crippen LogP contribution is -2.46. The standard InChI is InChI=1S/C24H32F6O3/c1-3-4-13-31-18-10-12-20(32-14-18)24(29,30)33-17-8-6-16(7-9-17)19-11-5-15(2)22(25)21(19)23(26,27)28/h5,11,16-18,20H,3-4,6-10,12-14H2,1-2H3. The molecule has 9 heteroatoms. The number of rotatable bonds is 8. The first-order valence-electron chi connectivity index (χ1n) is 11.7. The van der Waals surface area contributed by atoms with Gasteiger partial charge in [0.1, 0.15) is 11.9 Å². The van der Waals surface area contributed by atoms with Crippen molar-refractivity contribution < 1.29 is 40.6 Å². The molecule has 1 heterocycles. The van der Waals surface area contributed by atoms with E-state index in [-0.39, 0.29) is 55.9 Å². The summed E-state index contributed by atoms with van der Waals surface area (Å²) in [7, 11) is 0. The molecule has 1 aromatic rings. The van der Waals surface area contributed by atoms with Crippen LogP contribution < -0.4 is 0 Å². The van der Waals surface area contributed by atoms with E-state index in [9.17, 15) is 26.3 Å². The van der Waals surface area contributed by atoms with Crippen molar-refractivity contribution in [3.63, 3.8) is 0 Å². The first kappa shape index (κ1) is 26.3. The van der Waals surface area contributed by atoms with Gasteiger partial charge in [0.25, 0.3) is 0 Å². The monoisotopic (exact) mass is 482 g/mol. The van der Waals surface area contributed by atoms with Crippen molar-refractivity contribution in [3.05, 3.63) is 34.6 Å². The molecular formula is C24H32F6O3. The molecule has 2 aliphatic rings. The second-order valence-corrected chi connectivity index (χ2v) is 9.06. The molecule has 3 nitrogen and oxygen atoms in total. The highest BCUT2D eigenvalue weighted by Gasteiger charge is 2.47. The zero-order chi connectivity index (χ0) is 24.2. The van der Waals surface area contributed by atoms with Crippen molar-refractivity contribution >= 4 is 0 Å². The Morgan fingerprint density at radius 1 is 0.970 bits per heavy atom. The SMILES string of the molecule is CCCCOC1CCC(C(F)(F)OC2CCC(c3ccc(C)c(F)c3C(F)(F)F)CC2)OC1. The van der Waals surface area contributed by atoms with Crippen LogP contribution in [-0.4, -0.2) is 37.6 Å². The molecule has 2 fully saturated rings. The number of hydrogen-bond donors (Lipinski definition) is 0. The summed E-state index contributed by atoms with van der Waals surface area (Å²) >= 11 is 0. The fourth-order valence-corrected chi connectivity index (χ4v) is 4.63. The molecule has 0 bridgehead atoms. The predicted octanol–water partition coefficient (Wildman–Crippen LogP) is 7.15. The lowest BCUT2D eigenvalue weighted by atomic mass is 9.80. The van der Waals surface area contributed by atoms with Crippen molar-refractivity contribution in [3.8, 4) is 0 Å². The van der Waals surface area contributed by atoms with Crippen LogP contribution in [0.15, 0.2) is 12.1 Å². The van der Waals surface area contributed by atoms with E-state index < -0.39 is 41.8 Å². The van der Waals surface area contributed by atoms with Crippen molar-refractivity contribution in [1.82, 2.24) is 0 Å². The van der Waals surface area contributed by atoms with E-state index in [1.54, 1.807) is 0 Å². The number of unbranched alkanes of at least 4 members (excludes halogenated alkanes) is 1. The van der Waals surface area contributed by atoms with Gasteiger partial charge < -0.3 is 14.2 Å². The van der Waals surface area contributed by atoms with E-state index in [2.05, 4.69) is 0 Å². The summed E-state index contributed by atoms with van der Waals surface area (Å²) in [5.41, 5.74) is -1.43. The second kappa shape index (κ2) is 11.0. The molecule has 1 saturated carbocycles. The van der Waals surface area contributed by atoms with Crippen LogP contribution in [0.1, 0.15) is 80.9 Å². The van der Waals surface area contributed by atoms with E-state index >= 15 is 0 Å². The van der Waals surface area contributed by atoms with Crippen LogP contribution in [0.2, 0.25) is 0 Å². The minimum Gasteiger partial charge on any atom is -0.376 e. The third-order valence-electron chi connectivity index (χ3n) is 6.55. The molecule has 33 heavy (non-hydrogen) atoms. The highest BCUT2D eigenvalue weighted by molar-refractivity contribution is 5.38. The normalized spacial score (nSPS) is 27.0. The maximum Gasteiger partial charge on any atom is 0.419 e. The number of hydrogen-bond acceptors (Lipinski definition) is 3. The molecule has 3 rings (SSSR count). The Kier molecular flexibility index (Phi) is 8.72. The Balaban J connectivity index is 1.54. The van der Waals surface area contributed by atoms with Gasteiger partial charge in [0.05, 0.1) is 24.4 Å². The molecule has 1 aromatic carbocycles. The molecule has 1 aliphatic carbocycles. The van der Waals surface area contributed by atoms with E-state index in [0.717, 1.165) is 12.8 Å². The quantitative estimate of drug-likeness (QED) is 0.291. The van der Waals surface area contributed by atoms with Gasteiger partial charge in [-0.05, 0) is 68.9 Å². The number of ether oxygens (including phenoxy) is 3. The van der Waals surface area contributed by atoms with Gasteiger partial charge in [-0.15, -0.1) is 0 Å².